The van der Waals surface area contributed by atoms with E-state index in [4.69, 9.17) is 9.72 Å². The summed E-state index contributed by atoms with van der Waals surface area (Å²) in [5.41, 5.74) is 3.41. The zero-order valence-electron chi connectivity index (χ0n) is 15.2. The van der Waals surface area contributed by atoms with Crippen molar-refractivity contribution in [3.63, 3.8) is 0 Å². The summed E-state index contributed by atoms with van der Waals surface area (Å²) in [6.07, 6.45) is 3.64. The van der Waals surface area contributed by atoms with Gasteiger partial charge in [-0.2, -0.15) is 0 Å². The molecule has 0 fully saturated rings. The van der Waals surface area contributed by atoms with E-state index >= 15 is 0 Å². The van der Waals surface area contributed by atoms with Crippen molar-refractivity contribution in [2.45, 2.75) is 25.7 Å². The Hall–Kier alpha value is -3.28. The van der Waals surface area contributed by atoms with E-state index < -0.39 is 24.3 Å². The molecule has 0 bridgehead atoms. The van der Waals surface area contributed by atoms with Gasteiger partial charge in [-0.15, -0.1) is 0 Å². The van der Waals surface area contributed by atoms with E-state index in [-0.39, 0.29) is 0 Å². The molecule has 1 heterocycles. The van der Waals surface area contributed by atoms with E-state index in [1.54, 1.807) is 6.07 Å². The Balaban J connectivity index is 1.55. The van der Waals surface area contributed by atoms with Crippen LogP contribution in [0, 0.1) is 5.82 Å². The van der Waals surface area contributed by atoms with E-state index in [0.717, 1.165) is 47.8 Å². The standard InChI is InChI=1S/C22H19FN2O3/c23-14-6-5-7-15(12-14)24-20(26)13-28-22(27)21-16-8-1-3-10-18(16)25-19-11-4-2-9-17(19)21/h1,3,5-8,10,12H,2,4,9,11,13H2,(H,24,26). The number of anilines is 1. The molecule has 3 aromatic rings. The van der Waals surface area contributed by atoms with Crippen LogP contribution in [0.3, 0.4) is 0 Å². The molecule has 0 saturated heterocycles. The molecule has 1 aromatic heterocycles. The Labute approximate surface area is 161 Å². The van der Waals surface area contributed by atoms with Crippen molar-refractivity contribution in [1.29, 1.82) is 0 Å². The van der Waals surface area contributed by atoms with Crippen LogP contribution < -0.4 is 5.32 Å². The highest BCUT2D eigenvalue weighted by molar-refractivity contribution is 6.06. The second-order valence-electron chi connectivity index (χ2n) is 6.77. The normalized spacial score (nSPS) is 13.0. The monoisotopic (exact) mass is 378 g/mol. The van der Waals surface area contributed by atoms with Crippen molar-refractivity contribution < 1.29 is 18.7 Å². The number of nitrogens with one attached hydrogen (secondary N) is 1. The Morgan fingerprint density at radius 3 is 2.75 bits per heavy atom. The van der Waals surface area contributed by atoms with E-state index in [0.29, 0.717) is 11.3 Å². The highest BCUT2D eigenvalue weighted by Crippen LogP contribution is 2.29. The molecular formula is C22H19FN2O3. The van der Waals surface area contributed by atoms with Gasteiger partial charge in [0.2, 0.25) is 0 Å². The summed E-state index contributed by atoms with van der Waals surface area (Å²) in [6, 6.07) is 13.0. The third-order valence-corrected chi connectivity index (χ3v) is 4.82. The summed E-state index contributed by atoms with van der Waals surface area (Å²) in [5.74, 6) is -1.51. The molecule has 142 valence electrons. The minimum absolute atomic E-state index is 0.313. The number of fused-ring (bicyclic) bond motifs is 2. The van der Waals surface area contributed by atoms with Crippen molar-refractivity contribution in [1.82, 2.24) is 4.98 Å². The second kappa shape index (κ2) is 7.76. The maximum Gasteiger partial charge on any atom is 0.339 e. The molecule has 5 nitrogen and oxygen atoms in total. The number of esters is 1. The smallest absolute Gasteiger partial charge is 0.339 e. The number of ether oxygens (including phenoxy) is 1. The quantitative estimate of drug-likeness (QED) is 0.696. The fourth-order valence-electron chi connectivity index (χ4n) is 3.57. The van der Waals surface area contributed by atoms with Crippen molar-refractivity contribution in [3.8, 4) is 0 Å². The molecule has 1 aliphatic carbocycles. The number of para-hydroxylation sites is 1. The molecule has 0 radical (unpaired) electrons. The third kappa shape index (κ3) is 3.71. The molecule has 0 atom stereocenters. The van der Waals surface area contributed by atoms with Crippen LogP contribution >= 0.6 is 0 Å². The summed E-state index contributed by atoms with van der Waals surface area (Å²) in [4.78, 5) is 29.6. The number of amides is 1. The zero-order valence-corrected chi connectivity index (χ0v) is 15.2. The Morgan fingerprint density at radius 2 is 1.89 bits per heavy atom. The molecule has 1 aliphatic rings. The van der Waals surface area contributed by atoms with Crippen molar-refractivity contribution in [2.75, 3.05) is 11.9 Å². The molecule has 0 aliphatic heterocycles. The van der Waals surface area contributed by atoms with Crippen LogP contribution in [-0.2, 0) is 22.4 Å². The molecule has 0 unspecified atom stereocenters. The second-order valence-corrected chi connectivity index (χ2v) is 6.77. The zero-order chi connectivity index (χ0) is 19.5. The number of halogens is 1. The maximum absolute atomic E-state index is 13.2. The average Bonchev–Trinajstić information content (AvgIpc) is 2.70. The highest BCUT2D eigenvalue weighted by atomic mass is 19.1. The Bertz CT molecular complexity index is 1060. The fourth-order valence-corrected chi connectivity index (χ4v) is 3.57. The van der Waals surface area contributed by atoms with E-state index in [1.807, 2.05) is 24.3 Å². The first-order valence-corrected chi connectivity index (χ1v) is 9.25. The number of benzene rings is 2. The van der Waals surface area contributed by atoms with Gasteiger partial charge in [0, 0.05) is 16.8 Å². The van der Waals surface area contributed by atoms with Crippen molar-refractivity contribution in [3.05, 3.63) is 71.2 Å². The minimum atomic E-state index is -0.536. The van der Waals surface area contributed by atoms with Crippen molar-refractivity contribution in [2.24, 2.45) is 0 Å². The van der Waals surface area contributed by atoms with Gasteiger partial charge in [-0.05, 0) is 55.5 Å². The van der Waals surface area contributed by atoms with Crippen LogP contribution in [0.5, 0.6) is 0 Å². The molecule has 0 spiro atoms. The van der Waals surface area contributed by atoms with Crippen LogP contribution in [0.2, 0.25) is 0 Å². The van der Waals surface area contributed by atoms with E-state index in [1.165, 1.54) is 18.2 Å². The molecule has 2 aromatic carbocycles. The fraction of sp³-hybridized carbons (Fsp3) is 0.227. The number of carbonyl (C=O) groups is 2. The predicted octanol–water partition coefficient (Wildman–Crippen LogP) is 4.05. The van der Waals surface area contributed by atoms with Gasteiger partial charge >= 0.3 is 5.97 Å². The Morgan fingerprint density at radius 1 is 1.07 bits per heavy atom. The summed E-state index contributed by atoms with van der Waals surface area (Å²) in [5, 5.41) is 3.26. The molecular weight excluding hydrogens is 359 g/mol. The first-order chi connectivity index (χ1) is 13.6. The van der Waals surface area contributed by atoms with Gasteiger partial charge in [0.05, 0.1) is 11.1 Å². The van der Waals surface area contributed by atoms with Crippen LogP contribution in [-0.4, -0.2) is 23.5 Å². The molecule has 6 heteroatoms. The number of carbonyl (C=O) groups excluding carboxylic acids is 2. The number of pyridine rings is 1. The van der Waals surface area contributed by atoms with Gasteiger partial charge in [-0.3, -0.25) is 9.78 Å². The van der Waals surface area contributed by atoms with Crippen LogP contribution in [0.4, 0.5) is 10.1 Å². The predicted molar refractivity (Wildman–Crippen MR) is 104 cm³/mol. The van der Waals surface area contributed by atoms with Crippen LogP contribution in [0.1, 0.15) is 34.5 Å². The summed E-state index contributed by atoms with van der Waals surface area (Å²) in [6.45, 7) is -0.444. The lowest BCUT2D eigenvalue weighted by atomic mass is 9.90. The number of aromatic nitrogens is 1. The average molecular weight is 378 g/mol. The Kier molecular flexibility index (Phi) is 5.02. The van der Waals surface area contributed by atoms with Gasteiger partial charge in [0.25, 0.3) is 5.91 Å². The molecule has 1 N–H and O–H groups in total. The van der Waals surface area contributed by atoms with Gasteiger partial charge in [0.1, 0.15) is 5.82 Å². The topological polar surface area (TPSA) is 68.3 Å². The minimum Gasteiger partial charge on any atom is -0.452 e. The molecule has 28 heavy (non-hydrogen) atoms. The van der Waals surface area contributed by atoms with Gasteiger partial charge in [-0.25, -0.2) is 9.18 Å². The third-order valence-electron chi connectivity index (χ3n) is 4.82. The van der Waals surface area contributed by atoms with E-state index in [2.05, 4.69) is 5.32 Å². The largest absolute Gasteiger partial charge is 0.452 e. The number of hydrogen-bond acceptors (Lipinski definition) is 4. The summed E-state index contributed by atoms with van der Waals surface area (Å²) >= 11 is 0. The lowest BCUT2D eigenvalue weighted by Gasteiger charge is -2.19. The van der Waals surface area contributed by atoms with E-state index in [9.17, 15) is 14.0 Å². The highest BCUT2D eigenvalue weighted by Gasteiger charge is 2.24. The summed E-state index contributed by atoms with van der Waals surface area (Å²) < 4.78 is 18.5. The number of hydrogen-bond donors (Lipinski definition) is 1. The van der Waals surface area contributed by atoms with Gasteiger partial charge in [0.15, 0.2) is 6.61 Å². The first-order valence-electron chi connectivity index (χ1n) is 9.25. The molecule has 0 saturated carbocycles. The van der Waals surface area contributed by atoms with Crippen LogP contribution in [0.15, 0.2) is 48.5 Å². The number of aryl methyl sites for hydroxylation is 1. The lowest BCUT2D eigenvalue weighted by Crippen LogP contribution is -2.22. The maximum atomic E-state index is 13.2. The lowest BCUT2D eigenvalue weighted by molar-refractivity contribution is -0.119. The SMILES string of the molecule is O=C(COC(=O)c1c2c(nc3ccccc13)CCCC2)Nc1cccc(F)c1. The van der Waals surface area contributed by atoms with Gasteiger partial charge in [-0.1, -0.05) is 24.3 Å². The number of rotatable bonds is 4. The number of nitrogens with zero attached hydrogens (tertiary/aromatic N) is 1. The molecule has 4 rings (SSSR count). The molecule has 1 amide bonds. The van der Waals surface area contributed by atoms with Gasteiger partial charge < -0.3 is 10.1 Å². The first kappa shape index (κ1) is 18.1. The van der Waals surface area contributed by atoms with Crippen molar-refractivity contribution >= 4 is 28.5 Å². The van der Waals surface area contributed by atoms with Crippen LogP contribution in [0.25, 0.3) is 10.9 Å². The summed E-state index contributed by atoms with van der Waals surface area (Å²) in [7, 11) is 0.